The summed E-state index contributed by atoms with van der Waals surface area (Å²) in [5.74, 6) is 0.543. The Bertz CT molecular complexity index is 828. The minimum Gasteiger partial charge on any atom is -0.494 e. The smallest absolute Gasteiger partial charge is 0.255 e. The highest BCUT2D eigenvalue weighted by Gasteiger charge is 2.10. The first-order chi connectivity index (χ1) is 11.8. The minimum atomic E-state index is -0.153. The van der Waals surface area contributed by atoms with E-state index in [2.05, 4.69) is 5.32 Å². The van der Waals surface area contributed by atoms with E-state index in [1.165, 1.54) is 0 Å². The Morgan fingerprint density at radius 1 is 0.917 bits per heavy atom. The average Bonchev–Trinajstić information content (AvgIpc) is 2.63. The lowest BCUT2D eigenvalue weighted by Crippen LogP contribution is -2.12. The third kappa shape index (κ3) is 3.63. The van der Waals surface area contributed by atoms with Crippen molar-refractivity contribution in [3.8, 4) is 16.9 Å². The molecule has 0 spiro atoms. The molecule has 3 rings (SSSR count). The van der Waals surface area contributed by atoms with Gasteiger partial charge in [0.2, 0.25) is 0 Å². The molecule has 0 aliphatic rings. The quantitative estimate of drug-likeness (QED) is 0.719. The molecular formula is C21H19NO2. The molecule has 3 aromatic rings. The van der Waals surface area contributed by atoms with Crippen molar-refractivity contribution in [2.45, 2.75) is 6.92 Å². The van der Waals surface area contributed by atoms with Crippen LogP contribution in [-0.2, 0) is 0 Å². The van der Waals surface area contributed by atoms with Crippen LogP contribution in [0, 0.1) is 0 Å². The molecule has 0 unspecified atom stereocenters. The maximum atomic E-state index is 12.6. The highest BCUT2D eigenvalue weighted by molar-refractivity contribution is 6.06. The van der Waals surface area contributed by atoms with E-state index in [0.717, 1.165) is 16.8 Å². The van der Waals surface area contributed by atoms with E-state index in [-0.39, 0.29) is 5.91 Å². The number of carbonyl (C=O) groups excluding carboxylic acids is 1. The molecule has 0 saturated heterocycles. The van der Waals surface area contributed by atoms with Gasteiger partial charge in [-0.2, -0.15) is 0 Å². The molecular weight excluding hydrogens is 298 g/mol. The summed E-state index contributed by atoms with van der Waals surface area (Å²) >= 11 is 0. The second-order valence-corrected chi connectivity index (χ2v) is 5.33. The Morgan fingerprint density at radius 3 is 2.46 bits per heavy atom. The molecule has 0 saturated carbocycles. The van der Waals surface area contributed by atoms with Crippen molar-refractivity contribution >= 4 is 11.6 Å². The van der Waals surface area contributed by atoms with Gasteiger partial charge in [-0.3, -0.25) is 4.79 Å². The average molecular weight is 317 g/mol. The molecule has 3 nitrogen and oxygen atoms in total. The zero-order valence-electron chi connectivity index (χ0n) is 13.5. The van der Waals surface area contributed by atoms with Gasteiger partial charge in [-0.25, -0.2) is 0 Å². The fraction of sp³-hybridized carbons (Fsp3) is 0.0952. The Balaban J connectivity index is 1.86. The number of benzene rings is 3. The molecule has 0 aliphatic carbocycles. The van der Waals surface area contributed by atoms with E-state index in [4.69, 9.17) is 4.74 Å². The monoisotopic (exact) mass is 317 g/mol. The van der Waals surface area contributed by atoms with Gasteiger partial charge >= 0.3 is 0 Å². The molecule has 0 aromatic heterocycles. The SMILES string of the molecule is CCOc1cccc(C(=O)Nc2ccccc2-c2ccccc2)c1. The predicted octanol–water partition coefficient (Wildman–Crippen LogP) is 5.00. The number of hydrogen-bond donors (Lipinski definition) is 1. The van der Waals surface area contributed by atoms with E-state index in [0.29, 0.717) is 17.9 Å². The second-order valence-electron chi connectivity index (χ2n) is 5.33. The Labute approximate surface area is 141 Å². The number of anilines is 1. The standard InChI is InChI=1S/C21H19NO2/c1-2-24-18-12-8-11-17(15-18)21(23)22-20-14-7-6-13-19(20)16-9-4-3-5-10-16/h3-15H,2H2,1H3,(H,22,23). The van der Waals surface area contributed by atoms with E-state index in [9.17, 15) is 4.79 Å². The van der Waals surface area contributed by atoms with E-state index >= 15 is 0 Å². The predicted molar refractivity (Wildman–Crippen MR) is 97.4 cm³/mol. The first kappa shape index (κ1) is 15.8. The Hall–Kier alpha value is -3.07. The van der Waals surface area contributed by atoms with Gasteiger partial charge in [0.1, 0.15) is 5.75 Å². The van der Waals surface area contributed by atoms with Gasteiger partial charge in [0.15, 0.2) is 0 Å². The maximum absolute atomic E-state index is 12.6. The summed E-state index contributed by atoms with van der Waals surface area (Å²) in [4.78, 5) is 12.6. The summed E-state index contributed by atoms with van der Waals surface area (Å²) in [7, 11) is 0. The summed E-state index contributed by atoms with van der Waals surface area (Å²) in [5, 5.41) is 3.00. The van der Waals surface area contributed by atoms with Gasteiger partial charge in [0.25, 0.3) is 5.91 Å². The molecule has 3 heteroatoms. The maximum Gasteiger partial charge on any atom is 0.255 e. The van der Waals surface area contributed by atoms with Gasteiger partial charge in [-0.15, -0.1) is 0 Å². The van der Waals surface area contributed by atoms with Crippen LogP contribution in [0.3, 0.4) is 0 Å². The molecule has 3 aromatic carbocycles. The van der Waals surface area contributed by atoms with Gasteiger partial charge in [-0.1, -0.05) is 54.6 Å². The van der Waals surface area contributed by atoms with Crippen molar-refractivity contribution in [1.82, 2.24) is 0 Å². The number of rotatable bonds is 5. The number of hydrogen-bond acceptors (Lipinski definition) is 2. The van der Waals surface area contributed by atoms with E-state index < -0.39 is 0 Å². The zero-order valence-corrected chi connectivity index (χ0v) is 13.5. The second kappa shape index (κ2) is 7.47. The topological polar surface area (TPSA) is 38.3 Å². The summed E-state index contributed by atoms with van der Waals surface area (Å²) in [6.45, 7) is 2.49. The largest absolute Gasteiger partial charge is 0.494 e. The normalized spacial score (nSPS) is 10.2. The first-order valence-electron chi connectivity index (χ1n) is 7.96. The summed E-state index contributed by atoms with van der Waals surface area (Å²) in [6, 6.07) is 25.0. The van der Waals surface area contributed by atoms with Crippen molar-refractivity contribution < 1.29 is 9.53 Å². The van der Waals surface area contributed by atoms with Crippen LogP contribution in [0.2, 0.25) is 0 Å². The fourth-order valence-corrected chi connectivity index (χ4v) is 2.55. The number of ether oxygens (including phenoxy) is 1. The lowest BCUT2D eigenvalue weighted by molar-refractivity contribution is 0.102. The lowest BCUT2D eigenvalue weighted by atomic mass is 10.0. The zero-order chi connectivity index (χ0) is 16.8. The number of nitrogens with one attached hydrogen (secondary N) is 1. The van der Waals surface area contributed by atoms with Gasteiger partial charge in [0, 0.05) is 16.8 Å². The summed E-state index contributed by atoms with van der Waals surface area (Å²) < 4.78 is 5.46. The molecule has 120 valence electrons. The fourth-order valence-electron chi connectivity index (χ4n) is 2.55. The third-order valence-corrected chi connectivity index (χ3v) is 3.67. The summed E-state index contributed by atoms with van der Waals surface area (Å²) in [6.07, 6.45) is 0. The van der Waals surface area contributed by atoms with E-state index in [1.54, 1.807) is 12.1 Å². The van der Waals surface area contributed by atoms with Crippen molar-refractivity contribution in [3.05, 3.63) is 84.4 Å². The van der Waals surface area contributed by atoms with Gasteiger partial charge in [-0.05, 0) is 36.8 Å². The van der Waals surface area contributed by atoms with Gasteiger partial charge < -0.3 is 10.1 Å². The minimum absolute atomic E-state index is 0.153. The molecule has 0 heterocycles. The van der Waals surface area contributed by atoms with Crippen LogP contribution in [0.5, 0.6) is 5.75 Å². The van der Waals surface area contributed by atoms with Crippen molar-refractivity contribution in [1.29, 1.82) is 0 Å². The third-order valence-electron chi connectivity index (χ3n) is 3.67. The molecule has 0 radical (unpaired) electrons. The molecule has 0 aliphatic heterocycles. The van der Waals surface area contributed by atoms with Crippen LogP contribution in [0.15, 0.2) is 78.9 Å². The highest BCUT2D eigenvalue weighted by atomic mass is 16.5. The molecule has 24 heavy (non-hydrogen) atoms. The first-order valence-corrected chi connectivity index (χ1v) is 7.96. The number of para-hydroxylation sites is 1. The summed E-state index contributed by atoms with van der Waals surface area (Å²) in [5.41, 5.74) is 3.42. The molecule has 1 amide bonds. The van der Waals surface area contributed by atoms with Crippen LogP contribution in [-0.4, -0.2) is 12.5 Å². The van der Waals surface area contributed by atoms with Crippen LogP contribution < -0.4 is 10.1 Å². The van der Waals surface area contributed by atoms with E-state index in [1.807, 2.05) is 73.7 Å². The molecule has 1 N–H and O–H groups in total. The van der Waals surface area contributed by atoms with Crippen LogP contribution in [0.25, 0.3) is 11.1 Å². The van der Waals surface area contributed by atoms with Crippen LogP contribution in [0.1, 0.15) is 17.3 Å². The lowest BCUT2D eigenvalue weighted by Gasteiger charge is -2.12. The van der Waals surface area contributed by atoms with Crippen LogP contribution >= 0.6 is 0 Å². The van der Waals surface area contributed by atoms with Crippen molar-refractivity contribution in [3.63, 3.8) is 0 Å². The molecule has 0 bridgehead atoms. The van der Waals surface area contributed by atoms with Crippen molar-refractivity contribution in [2.75, 3.05) is 11.9 Å². The number of carbonyl (C=O) groups is 1. The van der Waals surface area contributed by atoms with Gasteiger partial charge in [0.05, 0.1) is 6.61 Å². The Morgan fingerprint density at radius 2 is 1.67 bits per heavy atom. The Kier molecular flexibility index (Phi) is 4.92. The van der Waals surface area contributed by atoms with Crippen molar-refractivity contribution in [2.24, 2.45) is 0 Å². The highest BCUT2D eigenvalue weighted by Crippen LogP contribution is 2.28. The molecule has 0 fully saturated rings. The van der Waals surface area contributed by atoms with Crippen LogP contribution in [0.4, 0.5) is 5.69 Å². The molecule has 0 atom stereocenters. The number of amides is 1.